The van der Waals surface area contributed by atoms with Gasteiger partial charge in [-0.05, 0) is 38.1 Å². The van der Waals surface area contributed by atoms with E-state index < -0.39 is 0 Å². The van der Waals surface area contributed by atoms with E-state index in [2.05, 4.69) is 5.32 Å². The van der Waals surface area contributed by atoms with Crippen molar-refractivity contribution in [3.8, 4) is 0 Å². The maximum atomic E-state index is 12.1. The van der Waals surface area contributed by atoms with Crippen LogP contribution in [0.15, 0.2) is 0 Å². The van der Waals surface area contributed by atoms with Crippen LogP contribution in [0.1, 0.15) is 32.1 Å². The molecule has 3 heteroatoms. The van der Waals surface area contributed by atoms with Crippen LogP contribution in [0.5, 0.6) is 0 Å². The summed E-state index contributed by atoms with van der Waals surface area (Å²) in [5.74, 6) is 1.38. The van der Waals surface area contributed by atoms with E-state index in [9.17, 15) is 4.79 Å². The minimum Gasteiger partial charge on any atom is -0.345 e. The Labute approximate surface area is 92.2 Å². The Bertz CT molecular complexity index is 220. The summed E-state index contributed by atoms with van der Waals surface area (Å²) in [6.07, 6.45) is 6.22. The van der Waals surface area contributed by atoms with Crippen molar-refractivity contribution in [1.29, 1.82) is 0 Å². The maximum absolute atomic E-state index is 12.1. The first kappa shape index (κ1) is 10.9. The van der Waals surface area contributed by atoms with Crippen molar-refractivity contribution in [3.05, 3.63) is 0 Å². The summed E-state index contributed by atoms with van der Waals surface area (Å²) < 4.78 is 0. The van der Waals surface area contributed by atoms with Gasteiger partial charge in [0.25, 0.3) is 0 Å². The third kappa shape index (κ3) is 2.71. The molecule has 1 saturated heterocycles. The van der Waals surface area contributed by atoms with Gasteiger partial charge >= 0.3 is 0 Å². The summed E-state index contributed by atoms with van der Waals surface area (Å²) in [6.45, 7) is 2.94. The third-order valence-corrected chi connectivity index (χ3v) is 3.78. The molecule has 1 aliphatic heterocycles. The van der Waals surface area contributed by atoms with Crippen LogP contribution in [0.2, 0.25) is 0 Å². The smallest absolute Gasteiger partial charge is 0.226 e. The average molecular weight is 210 g/mol. The molecule has 0 radical (unpaired) electrons. The molecule has 3 nitrogen and oxygen atoms in total. The Kier molecular flexibility index (Phi) is 3.62. The fourth-order valence-electron chi connectivity index (χ4n) is 2.53. The van der Waals surface area contributed by atoms with E-state index in [1.54, 1.807) is 0 Å². The van der Waals surface area contributed by atoms with E-state index in [-0.39, 0.29) is 5.92 Å². The summed E-state index contributed by atoms with van der Waals surface area (Å²) in [4.78, 5) is 14.0. The van der Waals surface area contributed by atoms with Crippen molar-refractivity contribution in [2.75, 3.05) is 26.7 Å². The standard InChI is InChI=1S/C12H22N2O/c1-14(9-10-4-2-5-10)12(15)11-6-3-7-13-8-11/h10-11,13H,2-9H2,1H3/t11-/m0/s1. The van der Waals surface area contributed by atoms with Crippen LogP contribution in [-0.2, 0) is 4.79 Å². The van der Waals surface area contributed by atoms with Gasteiger partial charge in [0.05, 0.1) is 5.92 Å². The van der Waals surface area contributed by atoms with Crippen molar-refractivity contribution < 1.29 is 4.79 Å². The quantitative estimate of drug-likeness (QED) is 0.760. The first-order chi connectivity index (χ1) is 7.27. The number of amides is 1. The van der Waals surface area contributed by atoms with Crippen molar-refractivity contribution in [2.45, 2.75) is 32.1 Å². The van der Waals surface area contributed by atoms with E-state index in [0.29, 0.717) is 5.91 Å². The molecule has 0 spiro atoms. The van der Waals surface area contributed by atoms with E-state index in [4.69, 9.17) is 0 Å². The molecule has 1 amide bonds. The molecule has 2 fully saturated rings. The molecule has 2 aliphatic rings. The second kappa shape index (κ2) is 4.97. The van der Waals surface area contributed by atoms with Crippen molar-refractivity contribution >= 4 is 5.91 Å². The lowest BCUT2D eigenvalue weighted by Crippen LogP contribution is -2.43. The number of hydrogen-bond donors (Lipinski definition) is 1. The molecule has 1 aliphatic carbocycles. The van der Waals surface area contributed by atoms with Crippen LogP contribution < -0.4 is 5.32 Å². The van der Waals surface area contributed by atoms with Gasteiger partial charge in [-0.2, -0.15) is 0 Å². The minimum atomic E-state index is 0.240. The topological polar surface area (TPSA) is 32.3 Å². The predicted molar refractivity (Wildman–Crippen MR) is 60.6 cm³/mol. The number of nitrogens with zero attached hydrogens (tertiary/aromatic N) is 1. The zero-order chi connectivity index (χ0) is 10.7. The molecule has 0 bridgehead atoms. The lowest BCUT2D eigenvalue weighted by Gasteiger charge is -2.33. The average Bonchev–Trinajstić information content (AvgIpc) is 2.23. The summed E-state index contributed by atoms with van der Waals surface area (Å²) in [5, 5.41) is 3.30. The van der Waals surface area contributed by atoms with Crippen LogP contribution in [0.3, 0.4) is 0 Å². The van der Waals surface area contributed by atoms with Gasteiger partial charge in [-0.3, -0.25) is 4.79 Å². The minimum absolute atomic E-state index is 0.240. The summed E-state index contributed by atoms with van der Waals surface area (Å²) in [7, 11) is 1.97. The molecule has 0 aromatic heterocycles. The molecular formula is C12H22N2O. The van der Waals surface area contributed by atoms with Gasteiger partial charge in [0.1, 0.15) is 0 Å². The van der Waals surface area contributed by atoms with E-state index >= 15 is 0 Å². The van der Waals surface area contributed by atoms with Gasteiger partial charge in [0.15, 0.2) is 0 Å². The monoisotopic (exact) mass is 210 g/mol. The van der Waals surface area contributed by atoms with Crippen LogP contribution >= 0.6 is 0 Å². The highest BCUT2D eigenvalue weighted by Crippen LogP contribution is 2.27. The van der Waals surface area contributed by atoms with Crippen molar-refractivity contribution in [2.24, 2.45) is 11.8 Å². The van der Waals surface area contributed by atoms with E-state index in [0.717, 1.165) is 38.4 Å². The Balaban J connectivity index is 1.77. The first-order valence-electron chi connectivity index (χ1n) is 6.23. The molecule has 86 valence electrons. The summed E-state index contributed by atoms with van der Waals surface area (Å²) in [6, 6.07) is 0. The van der Waals surface area contributed by atoms with Crippen LogP contribution in [0, 0.1) is 11.8 Å². The van der Waals surface area contributed by atoms with Gasteiger partial charge in [-0.15, -0.1) is 0 Å². The highest BCUT2D eigenvalue weighted by molar-refractivity contribution is 5.78. The van der Waals surface area contributed by atoms with Gasteiger partial charge in [0, 0.05) is 20.1 Å². The van der Waals surface area contributed by atoms with Gasteiger partial charge < -0.3 is 10.2 Å². The van der Waals surface area contributed by atoms with Gasteiger partial charge in [-0.1, -0.05) is 6.42 Å². The SMILES string of the molecule is CN(CC1CCC1)C(=O)[C@H]1CCCNC1. The fraction of sp³-hybridized carbons (Fsp3) is 0.917. The Morgan fingerprint density at radius 2 is 2.13 bits per heavy atom. The van der Waals surface area contributed by atoms with Gasteiger partial charge in [-0.25, -0.2) is 0 Å². The summed E-state index contributed by atoms with van der Waals surface area (Å²) in [5.41, 5.74) is 0. The van der Waals surface area contributed by atoms with Crippen LogP contribution in [0.4, 0.5) is 0 Å². The molecule has 2 rings (SSSR count). The molecule has 0 aromatic carbocycles. The van der Waals surface area contributed by atoms with Crippen LogP contribution in [-0.4, -0.2) is 37.5 Å². The number of piperidine rings is 1. The Morgan fingerprint density at radius 3 is 2.67 bits per heavy atom. The highest BCUT2D eigenvalue weighted by atomic mass is 16.2. The number of hydrogen-bond acceptors (Lipinski definition) is 2. The molecule has 1 heterocycles. The molecule has 15 heavy (non-hydrogen) atoms. The van der Waals surface area contributed by atoms with E-state index in [1.165, 1.54) is 19.3 Å². The molecule has 1 saturated carbocycles. The number of carbonyl (C=O) groups is 1. The zero-order valence-electron chi connectivity index (χ0n) is 9.67. The van der Waals surface area contributed by atoms with Gasteiger partial charge in [0.2, 0.25) is 5.91 Å². The fourth-order valence-corrected chi connectivity index (χ4v) is 2.53. The summed E-state index contributed by atoms with van der Waals surface area (Å²) >= 11 is 0. The zero-order valence-corrected chi connectivity index (χ0v) is 9.67. The van der Waals surface area contributed by atoms with Crippen molar-refractivity contribution in [1.82, 2.24) is 10.2 Å². The molecule has 0 aromatic rings. The maximum Gasteiger partial charge on any atom is 0.226 e. The number of nitrogens with one attached hydrogen (secondary N) is 1. The lowest BCUT2D eigenvalue weighted by atomic mass is 9.85. The number of carbonyl (C=O) groups excluding carboxylic acids is 1. The Morgan fingerprint density at radius 1 is 1.33 bits per heavy atom. The first-order valence-corrected chi connectivity index (χ1v) is 6.23. The molecule has 1 N–H and O–H groups in total. The molecular weight excluding hydrogens is 188 g/mol. The third-order valence-electron chi connectivity index (χ3n) is 3.78. The largest absolute Gasteiger partial charge is 0.345 e. The van der Waals surface area contributed by atoms with Crippen molar-refractivity contribution in [3.63, 3.8) is 0 Å². The molecule has 1 atom stereocenters. The second-order valence-corrected chi connectivity index (χ2v) is 5.06. The molecule has 0 unspecified atom stereocenters. The van der Waals surface area contributed by atoms with E-state index in [1.807, 2.05) is 11.9 Å². The number of rotatable bonds is 3. The Hall–Kier alpha value is -0.570. The normalized spacial score (nSPS) is 27.1. The second-order valence-electron chi connectivity index (χ2n) is 5.06. The lowest BCUT2D eigenvalue weighted by molar-refractivity contribution is -0.135. The highest BCUT2D eigenvalue weighted by Gasteiger charge is 2.26. The predicted octanol–water partition coefficient (Wildman–Crippen LogP) is 1.24. The van der Waals surface area contributed by atoms with Crippen LogP contribution in [0.25, 0.3) is 0 Å².